The molecule has 0 bridgehead atoms. The normalized spacial score (nSPS) is 15.3. The molecule has 6 nitrogen and oxygen atoms in total. The van der Waals surface area contributed by atoms with E-state index in [-0.39, 0.29) is 24.1 Å². The van der Waals surface area contributed by atoms with Crippen LogP contribution in [0.2, 0.25) is 0 Å². The van der Waals surface area contributed by atoms with Crippen LogP contribution < -0.4 is 0 Å². The third-order valence-electron chi connectivity index (χ3n) is 4.54. The maximum Gasteiger partial charge on any atom is 0.273 e. The van der Waals surface area contributed by atoms with Crippen molar-refractivity contribution in [1.29, 1.82) is 0 Å². The lowest BCUT2D eigenvalue weighted by atomic mass is 10.1. The van der Waals surface area contributed by atoms with Crippen LogP contribution in [0.15, 0.2) is 28.7 Å². The lowest BCUT2D eigenvalue weighted by Crippen LogP contribution is -2.50. The summed E-state index contributed by atoms with van der Waals surface area (Å²) in [5.41, 5.74) is 1.82. The molecule has 8 heteroatoms. The van der Waals surface area contributed by atoms with Crippen LogP contribution >= 0.6 is 15.9 Å². The van der Waals surface area contributed by atoms with Gasteiger partial charge in [-0.25, -0.2) is 4.39 Å². The smallest absolute Gasteiger partial charge is 0.273 e. The van der Waals surface area contributed by atoms with Gasteiger partial charge in [0.25, 0.3) is 5.91 Å². The molecule has 0 atom stereocenters. The van der Waals surface area contributed by atoms with Crippen molar-refractivity contribution in [1.82, 2.24) is 19.6 Å². The van der Waals surface area contributed by atoms with E-state index in [0.29, 0.717) is 37.4 Å². The van der Waals surface area contributed by atoms with Gasteiger partial charge < -0.3 is 4.90 Å². The molecule has 2 heterocycles. The van der Waals surface area contributed by atoms with E-state index in [2.05, 4.69) is 21.0 Å². The summed E-state index contributed by atoms with van der Waals surface area (Å²) in [6, 6.07) is 5.58. The number of amides is 1. The molecule has 1 fully saturated rings. The molecule has 0 unspecified atom stereocenters. The summed E-state index contributed by atoms with van der Waals surface area (Å²) >= 11 is 3.43. The molecule has 0 N–H and O–H groups in total. The van der Waals surface area contributed by atoms with Crippen molar-refractivity contribution in [3.8, 4) is 0 Å². The van der Waals surface area contributed by atoms with Crippen LogP contribution in [0.3, 0.4) is 0 Å². The van der Waals surface area contributed by atoms with Gasteiger partial charge in [0.1, 0.15) is 11.5 Å². The molecule has 26 heavy (non-hydrogen) atoms. The maximum atomic E-state index is 13.0. The molecule has 1 aliphatic heterocycles. The van der Waals surface area contributed by atoms with E-state index < -0.39 is 0 Å². The molecule has 0 saturated carbocycles. The highest BCUT2D eigenvalue weighted by molar-refractivity contribution is 9.10. The molecular formula is C18H20BrFN4O2. The van der Waals surface area contributed by atoms with E-state index >= 15 is 0 Å². The quantitative estimate of drug-likeness (QED) is 0.709. The molecule has 0 spiro atoms. The zero-order valence-electron chi connectivity index (χ0n) is 14.7. The number of piperazine rings is 1. The molecule has 1 aliphatic rings. The molecule has 1 saturated heterocycles. The predicted molar refractivity (Wildman–Crippen MR) is 98.7 cm³/mol. The molecular weight excluding hydrogens is 403 g/mol. The lowest BCUT2D eigenvalue weighted by molar-refractivity contribution is 0.0614. The fourth-order valence-electron chi connectivity index (χ4n) is 3.05. The average Bonchev–Trinajstić information content (AvgIpc) is 2.87. The Kier molecular flexibility index (Phi) is 5.52. The summed E-state index contributed by atoms with van der Waals surface area (Å²) < 4.78 is 15.3. The first-order valence-electron chi connectivity index (χ1n) is 8.36. The first-order valence-corrected chi connectivity index (χ1v) is 9.15. The summed E-state index contributed by atoms with van der Waals surface area (Å²) in [4.78, 5) is 28.8. The Morgan fingerprint density at radius 3 is 2.31 bits per heavy atom. The minimum Gasteiger partial charge on any atom is -0.335 e. The maximum absolute atomic E-state index is 13.0. The summed E-state index contributed by atoms with van der Waals surface area (Å²) in [6.07, 6.45) is 0. The highest BCUT2D eigenvalue weighted by Gasteiger charge is 2.27. The van der Waals surface area contributed by atoms with Crippen molar-refractivity contribution in [2.24, 2.45) is 7.05 Å². The third kappa shape index (κ3) is 3.86. The number of aromatic nitrogens is 2. The van der Waals surface area contributed by atoms with Crippen molar-refractivity contribution in [2.75, 3.05) is 32.7 Å². The molecule has 1 aromatic carbocycles. The second-order valence-corrected chi connectivity index (χ2v) is 7.16. The number of hydrogen-bond donors (Lipinski definition) is 0. The van der Waals surface area contributed by atoms with E-state index in [1.165, 1.54) is 24.3 Å². The van der Waals surface area contributed by atoms with Gasteiger partial charge in [-0.2, -0.15) is 5.10 Å². The first-order chi connectivity index (χ1) is 12.4. The monoisotopic (exact) mass is 422 g/mol. The minimum absolute atomic E-state index is 0.0465. The van der Waals surface area contributed by atoms with Gasteiger partial charge in [-0.05, 0) is 47.1 Å². The lowest BCUT2D eigenvalue weighted by Gasteiger charge is -2.34. The van der Waals surface area contributed by atoms with E-state index in [9.17, 15) is 14.0 Å². The third-order valence-corrected chi connectivity index (χ3v) is 5.49. The van der Waals surface area contributed by atoms with Crippen molar-refractivity contribution in [3.05, 3.63) is 51.5 Å². The second-order valence-electron chi connectivity index (χ2n) is 6.37. The number of rotatable bonds is 4. The van der Waals surface area contributed by atoms with Crippen LogP contribution in [-0.4, -0.2) is 64.0 Å². The van der Waals surface area contributed by atoms with Crippen molar-refractivity contribution in [3.63, 3.8) is 0 Å². The van der Waals surface area contributed by atoms with E-state index in [4.69, 9.17) is 0 Å². The Bertz CT molecular complexity index is 826. The first kappa shape index (κ1) is 18.7. The van der Waals surface area contributed by atoms with Gasteiger partial charge in [-0.3, -0.25) is 19.2 Å². The number of nitrogens with zero attached hydrogens (tertiary/aromatic N) is 4. The van der Waals surface area contributed by atoms with Gasteiger partial charge in [0.2, 0.25) is 0 Å². The fourth-order valence-corrected chi connectivity index (χ4v) is 3.56. The van der Waals surface area contributed by atoms with Crippen molar-refractivity contribution >= 4 is 27.6 Å². The summed E-state index contributed by atoms with van der Waals surface area (Å²) in [5, 5.41) is 4.26. The zero-order valence-corrected chi connectivity index (χ0v) is 16.3. The number of benzene rings is 1. The standard InChI is InChI=1S/C18H20BrFN4O2/c1-12-16(19)17(22(2)21-12)18(26)24-9-7-23(8-10-24)11-15(25)13-3-5-14(20)6-4-13/h3-6H,7-11H2,1-2H3. The SMILES string of the molecule is Cc1nn(C)c(C(=O)N2CCN(CC(=O)c3ccc(F)cc3)CC2)c1Br. The van der Waals surface area contributed by atoms with Gasteiger partial charge in [-0.15, -0.1) is 0 Å². The number of carbonyl (C=O) groups is 2. The Labute approximate surface area is 159 Å². The van der Waals surface area contributed by atoms with Crippen LogP contribution in [0.25, 0.3) is 0 Å². The van der Waals surface area contributed by atoms with Crippen LogP contribution in [0, 0.1) is 12.7 Å². The summed E-state index contributed by atoms with van der Waals surface area (Å²) in [7, 11) is 1.75. The van der Waals surface area contributed by atoms with E-state index in [1.54, 1.807) is 16.6 Å². The van der Waals surface area contributed by atoms with Gasteiger partial charge in [-0.1, -0.05) is 0 Å². The molecule has 1 amide bonds. The van der Waals surface area contributed by atoms with Crippen LogP contribution in [0.5, 0.6) is 0 Å². The van der Waals surface area contributed by atoms with Crippen LogP contribution in [0.4, 0.5) is 4.39 Å². The van der Waals surface area contributed by atoms with E-state index in [1.807, 2.05) is 11.8 Å². The highest BCUT2D eigenvalue weighted by Crippen LogP contribution is 2.22. The average molecular weight is 423 g/mol. The topological polar surface area (TPSA) is 58.4 Å². The van der Waals surface area contributed by atoms with Gasteiger partial charge in [0, 0.05) is 38.8 Å². The molecule has 0 radical (unpaired) electrons. The second kappa shape index (κ2) is 7.67. The molecule has 0 aliphatic carbocycles. The van der Waals surface area contributed by atoms with Crippen LogP contribution in [0.1, 0.15) is 26.5 Å². The Morgan fingerprint density at radius 2 is 1.77 bits per heavy atom. The highest BCUT2D eigenvalue weighted by atomic mass is 79.9. The van der Waals surface area contributed by atoms with Crippen molar-refractivity contribution in [2.45, 2.75) is 6.92 Å². The number of hydrogen-bond acceptors (Lipinski definition) is 4. The largest absolute Gasteiger partial charge is 0.335 e. The van der Waals surface area contributed by atoms with Gasteiger partial charge in [0.15, 0.2) is 5.78 Å². The van der Waals surface area contributed by atoms with Gasteiger partial charge in [0.05, 0.1) is 16.7 Å². The number of ketones is 1. The summed E-state index contributed by atoms with van der Waals surface area (Å²) in [6.45, 7) is 4.45. The van der Waals surface area contributed by atoms with Gasteiger partial charge >= 0.3 is 0 Å². The fraction of sp³-hybridized carbons (Fsp3) is 0.389. The number of aryl methyl sites for hydroxylation is 2. The molecule has 1 aromatic heterocycles. The molecule has 138 valence electrons. The molecule has 3 rings (SSSR count). The number of halogens is 2. The summed E-state index contributed by atoms with van der Waals surface area (Å²) in [5.74, 6) is -0.468. The minimum atomic E-state index is -0.356. The number of carbonyl (C=O) groups excluding carboxylic acids is 2. The Morgan fingerprint density at radius 1 is 1.15 bits per heavy atom. The number of Topliss-reactive ketones (excluding diaryl/α,β-unsaturated/α-hetero) is 1. The van der Waals surface area contributed by atoms with Crippen LogP contribution in [-0.2, 0) is 7.05 Å². The zero-order chi connectivity index (χ0) is 18.8. The van der Waals surface area contributed by atoms with Crippen molar-refractivity contribution < 1.29 is 14.0 Å². The molecule has 2 aromatic rings. The Balaban J connectivity index is 1.58. The Hall–Kier alpha value is -2.06. The predicted octanol–water partition coefficient (Wildman–Crippen LogP) is 2.27. The van der Waals surface area contributed by atoms with E-state index in [0.717, 1.165) is 10.2 Å².